The van der Waals surface area contributed by atoms with E-state index in [9.17, 15) is 22.9 Å². The lowest BCUT2D eigenvalue weighted by molar-refractivity contribution is -0.117. The highest BCUT2D eigenvalue weighted by Crippen LogP contribution is 2.46. The van der Waals surface area contributed by atoms with E-state index in [2.05, 4.69) is 34.2 Å². The third-order valence-electron chi connectivity index (χ3n) is 11.6. The van der Waals surface area contributed by atoms with Gasteiger partial charge in [-0.3, -0.25) is 34.1 Å². The van der Waals surface area contributed by atoms with Crippen LogP contribution in [-0.4, -0.2) is 59.0 Å². The number of allylic oxidation sites excluding steroid dienone is 1. The van der Waals surface area contributed by atoms with E-state index >= 15 is 0 Å². The van der Waals surface area contributed by atoms with Gasteiger partial charge >= 0.3 is 7.60 Å². The summed E-state index contributed by atoms with van der Waals surface area (Å²) < 4.78 is 52.4. The van der Waals surface area contributed by atoms with Gasteiger partial charge in [-0.15, -0.1) is 0 Å². The van der Waals surface area contributed by atoms with Crippen LogP contribution in [0.5, 0.6) is 5.75 Å². The van der Waals surface area contributed by atoms with Gasteiger partial charge in [0.15, 0.2) is 5.78 Å². The first-order valence-electron chi connectivity index (χ1n) is 23.3. The first kappa shape index (κ1) is 52.9. The van der Waals surface area contributed by atoms with Crippen LogP contribution in [0.1, 0.15) is 111 Å². The normalized spacial score (nSPS) is 12.8. The molecule has 2 aliphatic rings. The summed E-state index contributed by atoms with van der Waals surface area (Å²) in [7, 11) is 0.966. The lowest BCUT2D eigenvalue weighted by Crippen LogP contribution is -2.08. The van der Waals surface area contributed by atoms with Crippen LogP contribution < -0.4 is 4.74 Å². The molecular formula is C54H62F2N5O6P. The summed E-state index contributed by atoms with van der Waals surface area (Å²) in [6, 6.07) is 23.2. The number of rotatable bonds is 17. The summed E-state index contributed by atoms with van der Waals surface area (Å²) in [5.41, 5.74) is 9.69. The van der Waals surface area contributed by atoms with Crippen LogP contribution in [0, 0.1) is 23.0 Å². The third kappa shape index (κ3) is 17.2. The third-order valence-corrected chi connectivity index (χ3v) is 13.5. The number of ketones is 2. The van der Waals surface area contributed by atoms with Gasteiger partial charge in [-0.25, -0.2) is 8.78 Å². The average Bonchev–Trinajstić information content (AvgIpc) is 3.36. The van der Waals surface area contributed by atoms with Gasteiger partial charge in [0.25, 0.3) is 0 Å². The van der Waals surface area contributed by atoms with Gasteiger partial charge in [0.05, 0.1) is 30.4 Å². The van der Waals surface area contributed by atoms with Crippen molar-refractivity contribution in [1.82, 2.24) is 19.9 Å². The largest absolute Gasteiger partial charge is 0.495 e. The number of aryl methyl sites for hydroxylation is 6. The molecule has 68 heavy (non-hydrogen) atoms. The molecule has 0 radical (unpaired) electrons. The zero-order chi connectivity index (χ0) is 48.7. The van der Waals surface area contributed by atoms with E-state index < -0.39 is 7.60 Å². The summed E-state index contributed by atoms with van der Waals surface area (Å²) in [6.45, 7) is 1.43. The van der Waals surface area contributed by atoms with E-state index in [0.29, 0.717) is 29.6 Å². The van der Waals surface area contributed by atoms with Crippen LogP contribution in [-0.2, 0) is 61.7 Å². The number of carbonyl (C=O) groups is 2. The molecule has 0 bridgehead atoms. The maximum atomic E-state index is 13.2. The SMILES string of the molecule is CC#N.COP(=O)(CC(=O)CCCCc1ccc2c(n1)CCCC2)OC.COc1cnc2cc(F)ccc2c1.O=C(/C=C/c1cnc2cc(F)ccc2c1)CCCCc1ccc2c(n1)CCCC2. The number of nitrogens with zero attached hydrogens (tertiary/aromatic N) is 5. The van der Waals surface area contributed by atoms with Crippen LogP contribution in [0.2, 0.25) is 0 Å². The molecule has 4 aromatic heterocycles. The molecule has 0 aliphatic heterocycles. The second-order valence-corrected chi connectivity index (χ2v) is 18.9. The Kier molecular flexibility index (Phi) is 21.5. The van der Waals surface area contributed by atoms with Crippen molar-refractivity contribution >= 4 is 47.0 Å². The smallest absolute Gasteiger partial charge is 0.337 e. The Labute approximate surface area is 398 Å². The number of hydrogen-bond acceptors (Lipinski definition) is 11. The standard InChI is InChI=1S/C25H25FN2O.C17H26NO4P.C10H8FNO.C2H3N/c26-21-12-10-20-15-18(17-27-25(20)16-21)9-14-23(29)7-3-2-6-22-13-11-19-5-1-4-8-24(19)28-22;1-21-23(20,22-2)13-16(19)9-5-4-8-15-12-11-14-7-3-6-10-17(14)18-15;1-13-9-4-7-2-3-8(11)5-10(7)12-6-9;1-2-3/h9-17H,1-8H2;11-12H,3-10,13H2,1-2H3;2-6H,1H3;1H3/b14-9+;;;. The minimum absolute atomic E-state index is 0.0737. The number of nitriles is 1. The van der Waals surface area contributed by atoms with Crippen LogP contribution in [0.3, 0.4) is 0 Å². The van der Waals surface area contributed by atoms with Gasteiger partial charge in [0, 0.05) is 85.9 Å². The number of halogens is 2. The second kappa shape index (κ2) is 27.7. The maximum absolute atomic E-state index is 13.2. The van der Waals surface area contributed by atoms with E-state index in [1.165, 1.54) is 93.6 Å². The molecule has 0 amide bonds. The molecule has 2 aliphatic carbocycles. The molecule has 0 N–H and O–H groups in total. The van der Waals surface area contributed by atoms with Crippen molar-refractivity contribution in [2.75, 3.05) is 27.5 Å². The summed E-state index contributed by atoms with van der Waals surface area (Å²) in [5.74, 6) is 0.149. The molecule has 2 aromatic carbocycles. The predicted molar refractivity (Wildman–Crippen MR) is 264 cm³/mol. The fraction of sp³-hybridized carbons (Fsp3) is 0.389. The highest BCUT2D eigenvalue weighted by Gasteiger charge is 2.25. The van der Waals surface area contributed by atoms with E-state index in [0.717, 1.165) is 91.9 Å². The molecule has 0 spiro atoms. The Morgan fingerprint density at radius 2 is 1.21 bits per heavy atom. The number of methoxy groups -OCH3 is 1. The Hall–Kier alpha value is -6.06. The van der Waals surface area contributed by atoms with Gasteiger partial charge in [0.2, 0.25) is 0 Å². The molecule has 6 aromatic rings. The molecule has 0 atom stereocenters. The Morgan fingerprint density at radius 1 is 0.691 bits per heavy atom. The predicted octanol–water partition coefficient (Wildman–Crippen LogP) is 12.3. The second-order valence-electron chi connectivity index (χ2n) is 16.7. The summed E-state index contributed by atoms with van der Waals surface area (Å²) in [6.07, 6.45) is 22.2. The molecule has 4 heterocycles. The van der Waals surface area contributed by atoms with Crippen LogP contribution in [0.25, 0.3) is 27.9 Å². The summed E-state index contributed by atoms with van der Waals surface area (Å²) in [4.78, 5) is 41.8. The first-order valence-corrected chi connectivity index (χ1v) is 25.0. The zero-order valence-corrected chi connectivity index (χ0v) is 40.5. The van der Waals surface area contributed by atoms with E-state index in [1.807, 2.05) is 12.1 Å². The Balaban J connectivity index is 0.000000197. The number of ether oxygens (including phenoxy) is 1. The average molecular weight is 946 g/mol. The zero-order valence-electron chi connectivity index (χ0n) is 39.6. The molecule has 0 saturated carbocycles. The summed E-state index contributed by atoms with van der Waals surface area (Å²) >= 11 is 0. The molecule has 8 rings (SSSR count). The van der Waals surface area contributed by atoms with Crippen molar-refractivity contribution in [2.24, 2.45) is 0 Å². The van der Waals surface area contributed by atoms with Gasteiger partial charge in [-0.1, -0.05) is 12.1 Å². The first-order chi connectivity index (χ1) is 32.9. The lowest BCUT2D eigenvalue weighted by atomic mass is 9.95. The maximum Gasteiger partial charge on any atom is 0.337 e. The van der Waals surface area contributed by atoms with E-state index in [4.69, 9.17) is 29.0 Å². The van der Waals surface area contributed by atoms with Crippen molar-refractivity contribution in [3.63, 3.8) is 0 Å². The number of unbranched alkanes of at least 4 members (excludes halogenated alkanes) is 2. The summed E-state index contributed by atoms with van der Waals surface area (Å²) in [5, 5.41) is 9.05. The highest BCUT2D eigenvalue weighted by molar-refractivity contribution is 7.54. The molecule has 358 valence electrons. The lowest BCUT2D eigenvalue weighted by Gasteiger charge is -2.15. The highest BCUT2D eigenvalue weighted by atomic mass is 31.2. The minimum Gasteiger partial charge on any atom is -0.495 e. The molecule has 0 fully saturated rings. The molecular weight excluding hydrogens is 884 g/mol. The van der Waals surface area contributed by atoms with Crippen LogP contribution in [0.4, 0.5) is 8.78 Å². The number of pyridine rings is 4. The molecule has 14 heteroatoms. The Morgan fingerprint density at radius 3 is 1.75 bits per heavy atom. The number of aromatic nitrogens is 4. The van der Waals surface area contributed by atoms with Crippen LogP contribution in [0.15, 0.2) is 91.3 Å². The fourth-order valence-electron chi connectivity index (χ4n) is 7.93. The number of Topliss-reactive ketones (excluding diaryl/α,β-unsaturated/α-hetero) is 1. The van der Waals surface area contributed by atoms with Gasteiger partial charge < -0.3 is 13.8 Å². The van der Waals surface area contributed by atoms with Crippen molar-refractivity contribution in [3.8, 4) is 11.8 Å². The van der Waals surface area contributed by atoms with Gasteiger partial charge in [-0.2, -0.15) is 5.26 Å². The quantitative estimate of drug-likeness (QED) is 0.0487. The van der Waals surface area contributed by atoms with E-state index in [-0.39, 0.29) is 29.4 Å². The van der Waals surface area contributed by atoms with Crippen molar-refractivity contribution in [2.45, 2.75) is 110 Å². The minimum atomic E-state index is -3.22. The number of hydrogen-bond donors (Lipinski definition) is 0. The van der Waals surface area contributed by atoms with Crippen molar-refractivity contribution in [1.29, 1.82) is 5.26 Å². The fourth-order valence-corrected chi connectivity index (χ4v) is 8.92. The number of carbonyl (C=O) groups excluding carboxylic acids is 2. The topological polar surface area (TPSA) is 154 Å². The molecule has 0 saturated heterocycles. The van der Waals surface area contributed by atoms with Crippen LogP contribution >= 0.6 is 7.60 Å². The van der Waals surface area contributed by atoms with E-state index in [1.54, 1.807) is 49.9 Å². The molecule has 11 nitrogen and oxygen atoms in total. The van der Waals surface area contributed by atoms with Gasteiger partial charge in [0.1, 0.15) is 29.3 Å². The van der Waals surface area contributed by atoms with Gasteiger partial charge in [-0.05, 0) is 167 Å². The van der Waals surface area contributed by atoms with Crippen molar-refractivity contribution < 1.29 is 36.7 Å². The number of benzene rings is 2. The monoisotopic (exact) mass is 945 g/mol. The Bertz CT molecular complexity index is 2730. The molecule has 0 unspecified atom stereocenters. The number of fused-ring (bicyclic) bond motifs is 4. The van der Waals surface area contributed by atoms with Crippen molar-refractivity contribution in [3.05, 3.63) is 142 Å².